The van der Waals surface area contributed by atoms with Crippen LogP contribution in [0.2, 0.25) is 0 Å². The number of carbonyl (C=O) groups is 1. The third-order valence-electron chi connectivity index (χ3n) is 2.54. The van der Waals surface area contributed by atoms with Crippen molar-refractivity contribution in [3.8, 4) is 16.5 Å². The van der Waals surface area contributed by atoms with Gasteiger partial charge in [-0.2, -0.15) is 5.26 Å². The first-order valence-electron chi connectivity index (χ1n) is 5.65. The van der Waals surface area contributed by atoms with Crippen LogP contribution in [-0.2, 0) is 11.3 Å². The maximum atomic E-state index is 11.1. The highest BCUT2D eigenvalue weighted by molar-refractivity contribution is 7.16. The van der Waals surface area contributed by atoms with E-state index in [0.29, 0.717) is 11.4 Å². The van der Waals surface area contributed by atoms with Crippen molar-refractivity contribution in [2.75, 3.05) is 5.88 Å². The van der Waals surface area contributed by atoms with Crippen molar-refractivity contribution in [2.45, 2.75) is 6.54 Å². The largest absolute Gasteiger partial charge is 0.351 e. The number of alkyl halides is 1. The average molecular weight is 291 g/mol. The minimum atomic E-state index is -0.185. The first kappa shape index (κ1) is 13.6. The van der Waals surface area contributed by atoms with Crippen LogP contribution in [0.25, 0.3) is 10.4 Å². The Kier molecular flexibility index (Phi) is 4.56. The summed E-state index contributed by atoms with van der Waals surface area (Å²) in [6, 6.07) is 13.7. The summed E-state index contributed by atoms with van der Waals surface area (Å²) in [5.74, 6) is -0.217. The molecular formula is C14H11ClN2OS. The molecule has 0 unspecified atom stereocenters. The van der Waals surface area contributed by atoms with Gasteiger partial charge in [0.25, 0.3) is 0 Å². The molecule has 0 aliphatic heterocycles. The fourth-order valence-corrected chi connectivity index (χ4v) is 2.53. The smallest absolute Gasteiger partial charge is 0.235 e. The highest BCUT2D eigenvalue weighted by atomic mass is 35.5. The molecule has 3 nitrogen and oxygen atoms in total. The van der Waals surface area contributed by atoms with Crippen molar-refractivity contribution in [1.29, 1.82) is 5.26 Å². The van der Waals surface area contributed by atoms with Crippen LogP contribution in [-0.4, -0.2) is 11.8 Å². The molecule has 2 aromatic rings. The molecule has 0 fully saturated rings. The van der Waals surface area contributed by atoms with Gasteiger partial charge in [0.15, 0.2) is 0 Å². The van der Waals surface area contributed by atoms with Crippen LogP contribution in [0.1, 0.15) is 10.4 Å². The maximum absolute atomic E-state index is 11.1. The number of thiophene rings is 1. The number of hydrogen-bond donors (Lipinski definition) is 1. The van der Waals surface area contributed by atoms with Crippen LogP contribution in [0.4, 0.5) is 0 Å². The van der Waals surface area contributed by atoms with Gasteiger partial charge in [-0.1, -0.05) is 18.2 Å². The normalized spacial score (nSPS) is 9.89. The fraction of sp³-hybridized carbons (Fsp3) is 0.143. The lowest BCUT2D eigenvalue weighted by Crippen LogP contribution is -2.23. The van der Waals surface area contributed by atoms with Crippen molar-refractivity contribution >= 4 is 28.8 Å². The van der Waals surface area contributed by atoms with Crippen LogP contribution in [0.3, 0.4) is 0 Å². The van der Waals surface area contributed by atoms with Gasteiger partial charge in [0, 0.05) is 11.4 Å². The van der Waals surface area contributed by atoms with Gasteiger partial charge in [0.05, 0.1) is 0 Å². The maximum Gasteiger partial charge on any atom is 0.235 e. The Hall–Kier alpha value is -1.83. The van der Waals surface area contributed by atoms with Gasteiger partial charge in [0.2, 0.25) is 5.91 Å². The quantitative estimate of drug-likeness (QED) is 0.880. The second kappa shape index (κ2) is 6.37. The molecule has 0 saturated heterocycles. The molecule has 0 aliphatic carbocycles. The van der Waals surface area contributed by atoms with E-state index < -0.39 is 0 Å². The summed E-state index contributed by atoms with van der Waals surface area (Å²) in [6.07, 6.45) is 0. The van der Waals surface area contributed by atoms with Crippen LogP contribution in [0.5, 0.6) is 0 Å². The summed E-state index contributed by atoms with van der Waals surface area (Å²) >= 11 is 6.88. The molecule has 1 amide bonds. The summed E-state index contributed by atoms with van der Waals surface area (Å²) in [5, 5.41) is 11.5. The predicted molar refractivity (Wildman–Crippen MR) is 77.0 cm³/mol. The Morgan fingerprint density at radius 1 is 1.37 bits per heavy atom. The van der Waals surface area contributed by atoms with Gasteiger partial charge in [-0.3, -0.25) is 4.79 Å². The number of halogens is 1. The zero-order valence-corrected chi connectivity index (χ0v) is 11.6. The van der Waals surface area contributed by atoms with Crippen LogP contribution in [0.15, 0.2) is 36.4 Å². The van der Waals surface area contributed by atoms with E-state index in [4.69, 9.17) is 16.9 Å². The molecule has 1 heterocycles. The van der Waals surface area contributed by atoms with E-state index in [1.165, 1.54) is 11.3 Å². The second-order valence-corrected chi connectivity index (χ2v) is 5.24. The molecule has 0 saturated carbocycles. The molecule has 0 spiro atoms. The van der Waals surface area contributed by atoms with Gasteiger partial charge >= 0.3 is 0 Å². The van der Waals surface area contributed by atoms with E-state index in [-0.39, 0.29) is 11.8 Å². The predicted octanol–water partition coefficient (Wildman–Crippen LogP) is 3.14. The Bertz CT molecular complexity index is 630. The Balaban J connectivity index is 2.15. The van der Waals surface area contributed by atoms with Crippen molar-refractivity contribution < 1.29 is 4.79 Å². The topological polar surface area (TPSA) is 52.9 Å². The summed E-state index contributed by atoms with van der Waals surface area (Å²) < 4.78 is 0. The summed E-state index contributed by atoms with van der Waals surface area (Å²) in [4.78, 5) is 12.8. The van der Waals surface area contributed by atoms with Crippen molar-refractivity contribution in [1.82, 2.24) is 5.32 Å². The van der Waals surface area contributed by atoms with Gasteiger partial charge < -0.3 is 5.32 Å². The molecule has 0 bridgehead atoms. The Labute approximate surface area is 120 Å². The average Bonchev–Trinajstić information content (AvgIpc) is 2.94. The van der Waals surface area contributed by atoms with E-state index in [1.807, 2.05) is 36.4 Å². The molecule has 0 aliphatic rings. The van der Waals surface area contributed by atoms with Crippen LogP contribution >= 0.6 is 22.9 Å². The Morgan fingerprint density at radius 3 is 2.89 bits per heavy atom. The molecular weight excluding hydrogens is 280 g/mol. The number of benzene rings is 1. The van der Waals surface area contributed by atoms with Gasteiger partial charge in [-0.15, -0.1) is 22.9 Å². The molecule has 2 rings (SSSR count). The van der Waals surface area contributed by atoms with E-state index in [0.717, 1.165) is 16.0 Å². The third kappa shape index (κ3) is 3.57. The number of hydrogen-bond acceptors (Lipinski definition) is 3. The SMILES string of the molecule is N#Cc1ccc(-c2cccc(CNC(=O)CCl)c2)s1. The molecule has 19 heavy (non-hydrogen) atoms. The van der Waals surface area contributed by atoms with E-state index in [1.54, 1.807) is 0 Å². The molecule has 0 radical (unpaired) electrons. The summed E-state index contributed by atoms with van der Waals surface area (Å²) in [6.45, 7) is 0.454. The van der Waals surface area contributed by atoms with Crippen LogP contribution < -0.4 is 5.32 Å². The first-order chi connectivity index (χ1) is 9.22. The highest BCUT2D eigenvalue weighted by Crippen LogP contribution is 2.28. The minimum Gasteiger partial charge on any atom is -0.351 e. The number of amides is 1. The lowest BCUT2D eigenvalue weighted by molar-refractivity contribution is -0.118. The number of nitriles is 1. The molecule has 96 valence electrons. The van der Waals surface area contributed by atoms with Crippen LogP contribution in [0, 0.1) is 11.3 Å². The second-order valence-electron chi connectivity index (χ2n) is 3.89. The van der Waals surface area contributed by atoms with Crippen molar-refractivity contribution in [3.05, 3.63) is 46.8 Å². The van der Waals surface area contributed by atoms with E-state index in [2.05, 4.69) is 11.4 Å². The summed E-state index contributed by atoms with van der Waals surface area (Å²) in [7, 11) is 0. The van der Waals surface area contributed by atoms with E-state index >= 15 is 0 Å². The van der Waals surface area contributed by atoms with Crippen molar-refractivity contribution in [2.24, 2.45) is 0 Å². The minimum absolute atomic E-state index is 0.0316. The van der Waals surface area contributed by atoms with Crippen molar-refractivity contribution in [3.63, 3.8) is 0 Å². The number of nitrogens with zero attached hydrogens (tertiary/aromatic N) is 1. The van der Waals surface area contributed by atoms with E-state index in [9.17, 15) is 4.79 Å². The molecule has 1 aromatic carbocycles. The first-order valence-corrected chi connectivity index (χ1v) is 7.00. The molecule has 5 heteroatoms. The number of rotatable bonds is 4. The molecule has 0 atom stereocenters. The lowest BCUT2D eigenvalue weighted by Gasteiger charge is -2.05. The third-order valence-corrected chi connectivity index (χ3v) is 3.82. The lowest BCUT2D eigenvalue weighted by atomic mass is 10.1. The van der Waals surface area contributed by atoms with Gasteiger partial charge in [-0.25, -0.2) is 0 Å². The van der Waals surface area contributed by atoms with Gasteiger partial charge in [-0.05, 0) is 29.3 Å². The molecule has 1 aromatic heterocycles. The number of carbonyl (C=O) groups excluding carboxylic acids is 1. The summed E-state index contributed by atoms with van der Waals surface area (Å²) in [5.41, 5.74) is 2.05. The van der Waals surface area contributed by atoms with Gasteiger partial charge in [0.1, 0.15) is 16.8 Å². The standard InChI is InChI=1S/C14H11ClN2OS/c15-7-14(18)17-9-10-2-1-3-11(6-10)13-5-4-12(8-16)19-13/h1-6H,7,9H2,(H,17,18). The highest BCUT2D eigenvalue weighted by Gasteiger charge is 2.04. The molecule has 1 N–H and O–H groups in total. The number of nitrogens with one attached hydrogen (secondary N) is 1. The Morgan fingerprint density at radius 2 is 2.21 bits per heavy atom. The fourth-order valence-electron chi connectivity index (χ4n) is 1.64. The zero-order chi connectivity index (χ0) is 13.7. The zero-order valence-electron chi connectivity index (χ0n) is 10.0. The monoisotopic (exact) mass is 290 g/mol.